The van der Waals surface area contributed by atoms with Crippen molar-refractivity contribution in [1.29, 1.82) is 0 Å². The first-order valence-electron chi connectivity index (χ1n) is 5.36. The Morgan fingerprint density at radius 2 is 1.65 bits per heavy atom. The van der Waals surface area contributed by atoms with Crippen molar-refractivity contribution in [2.75, 3.05) is 14.2 Å². The molecule has 0 unspecified atom stereocenters. The van der Waals surface area contributed by atoms with Crippen molar-refractivity contribution in [2.24, 2.45) is 5.92 Å². The third kappa shape index (κ3) is 5.89. The first-order valence-corrected chi connectivity index (χ1v) is 5.36. The topological polar surface area (TPSA) is 81.7 Å². The molecule has 0 rings (SSSR count). The minimum atomic E-state index is -0.690. The maximum absolute atomic E-state index is 11.5. The van der Waals surface area contributed by atoms with Crippen LogP contribution in [0.25, 0.3) is 0 Å². The van der Waals surface area contributed by atoms with Crippen molar-refractivity contribution >= 4 is 17.8 Å². The molecule has 0 aliphatic carbocycles. The average Bonchev–Trinajstić information content (AvgIpc) is 2.31. The molecule has 0 spiro atoms. The molecule has 0 fully saturated rings. The molecule has 0 aromatic carbocycles. The van der Waals surface area contributed by atoms with E-state index in [1.807, 2.05) is 0 Å². The van der Waals surface area contributed by atoms with Gasteiger partial charge in [-0.2, -0.15) is 0 Å². The molecule has 1 N–H and O–H groups in total. The summed E-state index contributed by atoms with van der Waals surface area (Å²) in [6, 6.07) is -0.690. The summed E-state index contributed by atoms with van der Waals surface area (Å²) in [6.07, 6.45) is -0.0127. The van der Waals surface area contributed by atoms with Gasteiger partial charge in [-0.1, -0.05) is 13.8 Å². The van der Waals surface area contributed by atoms with Crippen molar-refractivity contribution in [2.45, 2.75) is 32.7 Å². The van der Waals surface area contributed by atoms with E-state index in [0.29, 0.717) is 0 Å². The number of hydrogen-bond acceptors (Lipinski definition) is 5. The lowest BCUT2D eigenvalue weighted by Gasteiger charge is -2.19. The Labute approximate surface area is 101 Å². The van der Waals surface area contributed by atoms with Gasteiger partial charge in [0.1, 0.15) is 6.04 Å². The van der Waals surface area contributed by atoms with Gasteiger partial charge in [-0.25, -0.2) is 4.79 Å². The van der Waals surface area contributed by atoms with Crippen molar-refractivity contribution < 1.29 is 23.9 Å². The predicted octanol–water partition coefficient (Wildman–Crippen LogP) is 0.253. The predicted molar refractivity (Wildman–Crippen MR) is 60.0 cm³/mol. The summed E-state index contributed by atoms with van der Waals surface area (Å²) >= 11 is 0. The molecule has 0 aliphatic heterocycles. The third-order valence-corrected chi connectivity index (χ3v) is 2.22. The molecule has 0 radical (unpaired) electrons. The van der Waals surface area contributed by atoms with Gasteiger partial charge < -0.3 is 14.8 Å². The fraction of sp³-hybridized carbons (Fsp3) is 0.727. The Kier molecular flexibility index (Phi) is 6.93. The van der Waals surface area contributed by atoms with E-state index < -0.39 is 18.0 Å². The van der Waals surface area contributed by atoms with E-state index in [9.17, 15) is 14.4 Å². The SMILES string of the molecule is COC(=O)CCC(=O)N[C@@H](C(=O)OC)C(C)C. The molecule has 0 heterocycles. The van der Waals surface area contributed by atoms with Gasteiger partial charge in [0.15, 0.2) is 0 Å². The van der Waals surface area contributed by atoms with Crippen LogP contribution >= 0.6 is 0 Å². The van der Waals surface area contributed by atoms with E-state index in [-0.39, 0.29) is 24.7 Å². The fourth-order valence-electron chi connectivity index (χ4n) is 1.19. The number of rotatable bonds is 6. The zero-order chi connectivity index (χ0) is 13.4. The first kappa shape index (κ1) is 15.4. The number of nitrogens with one attached hydrogen (secondary N) is 1. The largest absolute Gasteiger partial charge is 0.469 e. The molecule has 1 atom stereocenters. The highest BCUT2D eigenvalue weighted by Crippen LogP contribution is 2.04. The molecule has 6 nitrogen and oxygen atoms in total. The normalized spacial score (nSPS) is 11.8. The molecule has 98 valence electrons. The van der Waals surface area contributed by atoms with Crippen molar-refractivity contribution in [3.63, 3.8) is 0 Å². The van der Waals surface area contributed by atoms with Gasteiger partial charge in [-0.3, -0.25) is 9.59 Å². The van der Waals surface area contributed by atoms with Crippen LogP contribution in [0.5, 0.6) is 0 Å². The second kappa shape index (κ2) is 7.65. The highest BCUT2D eigenvalue weighted by atomic mass is 16.5. The van der Waals surface area contributed by atoms with Crippen LogP contribution in [0.2, 0.25) is 0 Å². The third-order valence-electron chi connectivity index (χ3n) is 2.22. The lowest BCUT2D eigenvalue weighted by Crippen LogP contribution is -2.45. The van der Waals surface area contributed by atoms with Crippen molar-refractivity contribution in [3.05, 3.63) is 0 Å². The Morgan fingerprint density at radius 3 is 2.06 bits per heavy atom. The number of methoxy groups -OCH3 is 2. The number of amides is 1. The average molecular weight is 245 g/mol. The fourth-order valence-corrected chi connectivity index (χ4v) is 1.19. The van der Waals surface area contributed by atoms with Gasteiger partial charge in [0.2, 0.25) is 5.91 Å². The Bertz CT molecular complexity index is 288. The molecule has 0 saturated heterocycles. The van der Waals surface area contributed by atoms with Crippen LogP contribution < -0.4 is 5.32 Å². The second-order valence-electron chi connectivity index (χ2n) is 3.89. The summed E-state index contributed by atoms with van der Waals surface area (Å²) in [5.74, 6) is -1.41. The molecule has 0 bridgehead atoms. The molecule has 6 heteroatoms. The summed E-state index contributed by atoms with van der Waals surface area (Å²) < 4.78 is 8.99. The minimum Gasteiger partial charge on any atom is -0.469 e. The molecule has 1 amide bonds. The first-order chi connectivity index (χ1) is 7.92. The maximum Gasteiger partial charge on any atom is 0.328 e. The number of esters is 2. The van der Waals surface area contributed by atoms with Gasteiger partial charge in [0.25, 0.3) is 0 Å². The summed E-state index contributed by atoms with van der Waals surface area (Å²) in [4.78, 5) is 33.7. The Morgan fingerprint density at radius 1 is 1.06 bits per heavy atom. The monoisotopic (exact) mass is 245 g/mol. The van der Waals surface area contributed by atoms with Crippen molar-refractivity contribution in [3.8, 4) is 0 Å². The van der Waals surface area contributed by atoms with Crippen LogP contribution in [0.3, 0.4) is 0 Å². The van der Waals surface area contributed by atoms with Crippen LogP contribution in [0, 0.1) is 5.92 Å². The smallest absolute Gasteiger partial charge is 0.328 e. The summed E-state index contributed by atoms with van der Waals surface area (Å²) in [5.41, 5.74) is 0. The molecule has 17 heavy (non-hydrogen) atoms. The van der Waals surface area contributed by atoms with Gasteiger partial charge >= 0.3 is 11.9 Å². The van der Waals surface area contributed by atoms with Gasteiger partial charge in [0.05, 0.1) is 20.6 Å². The van der Waals surface area contributed by atoms with Crippen LogP contribution in [0.4, 0.5) is 0 Å². The maximum atomic E-state index is 11.5. The number of ether oxygens (including phenoxy) is 2. The standard InChI is InChI=1S/C11H19NO5/c1-7(2)10(11(15)17-4)12-8(13)5-6-9(14)16-3/h7,10H,5-6H2,1-4H3,(H,12,13)/t10-/m1/s1. The van der Waals surface area contributed by atoms with E-state index in [1.54, 1.807) is 13.8 Å². The summed E-state index contributed by atoms with van der Waals surface area (Å²) in [7, 11) is 2.52. The van der Waals surface area contributed by atoms with E-state index in [2.05, 4.69) is 14.8 Å². The number of carbonyl (C=O) groups is 3. The van der Waals surface area contributed by atoms with E-state index in [0.717, 1.165) is 0 Å². The zero-order valence-corrected chi connectivity index (χ0v) is 10.6. The van der Waals surface area contributed by atoms with E-state index >= 15 is 0 Å². The lowest BCUT2D eigenvalue weighted by atomic mass is 10.0. The van der Waals surface area contributed by atoms with Gasteiger partial charge in [-0.05, 0) is 5.92 Å². The molecule has 0 aliphatic rings. The summed E-state index contributed by atoms with van der Waals surface area (Å²) in [5, 5.41) is 2.53. The summed E-state index contributed by atoms with van der Waals surface area (Å²) in [6.45, 7) is 3.59. The van der Waals surface area contributed by atoms with Crippen LogP contribution in [-0.4, -0.2) is 38.1 Å². The van der Waals surface area contributed by atoms with Crippen LogP contribution in [-0.2, 0) is 23.9 Å². The lowest BCUT2D eigenvalue weighted by molar-refractivity contribution is -0.146. The number of hydrogen-bond donors (Lipinski definition) is 1. The number of carbonyl (C=O) groups excluding carboxylic acids is 3. The van der Waals surface area contributed by atoms with Gasteiger partial charge in [-0.15, -0.1) is 0 Å². The van der Waals surface area contributed by atoms with Crippen LogP contribution in [0.1, 0.15) is 26.7 Å². The van der Waals surface area contributed by atoms with E-state index in [4.69, 9.17) is 0 Å². The highest BCUT2D eigenvalue weighted by molar-refractivity contribution is 5.86. The molecule has 0 aromatic heterocycles. The zero-order valence-electron chi connectivity index (χ0n) is 10.6. The quantitative estimate of drug-likeness (QED) is 0.678. The highest BCUT2D eigenvalue weighted by Gasteiger charge is 2.24. The molecule has 0 saturated carbocycles. The Balaban J connectivity index is 4.22. The molecule has 0 aromatic rings. The molecular weight excluding hydrogens is 226 g/mol. The van der Waals surface area contributed by atoms with Gasteiger partial charge in [0, 0.05) is 6.42 Å². The second-order valence-corrected chi connectivity index (χ2v) is 3.89. The van der Waals surface area contributed by atoms with Crippen molar-refractivity contribution in [1.82, 2.24) is 5.32 Å². The molecular formula is C11H19NO5. The Hall–Kier alpha value is -1.59. The minimum absolute atomic E-state index is 0.00563. The van der Waals surface area contributed by atoms with Crippen LogP contribution in [0.15, 0.2) is 0 Å². The van der Waals surface area contributed by atoms with E-state index in [1.165, 1.54) is 14.2 Å².